The highest BCUT2D eigenvalue weighted by Crippen LogP contribution is 2.18. The first-order chi connectivity index (χ1) is 33.1. The Bertz CT molecular complexity index is 1120. The average molecular weight is 964 g/mol. The number of hydrogen-bond acceptors (Lipinski definition) is 6. The number of aliphatic carboxylic acids is 1. The van der Waals surface area contributed by atoms with Crippen molar-refractivity contribution in [2.75, 3.05) is 41.0 Å². The second kappa shape index (κ2) is 51.4. The van der Waals surface area contributed by atoms with Crippen LogP contribution in [-0.2, 0) is 28.6 Å². The van der Waals surface area contributed by atoms with Gasteiger partial charge in [0, 0.05) is 19.3 Å². The van der Waals surface area contributed by atoms with Crippen molar-refractivity contribution in [3.63, 3.8) is 0 Å². The summed E-state index contributed by atoms with van der Waals surface area (Å²) in [5.74, 6) is -1.44. The predicted octanol–water partition coefficient (Wildman–Crippen LogP) is 17.8. The van der Waals surface area contributed by atoms with E-state index in [1.165, 1.54) is 231 Å². The van der Waals surface area contributed by atoms with Crippen molar-refractivity contribution in [2.45, 2.75) is 315 Å². The van der Waals surface area contributed by atoms with Gasteiger partial charge in [-0.1, -0.05) is 257 Å². The minimum absolute atomic E-state index is 0.0444. The van der Waals surface area contributed by atoms with Gasteiger partial charge in [-0.05, 0) is 38.5 Å². The number of likely N-dealkylation sites (N-methyl/N-ethyl adjacent to an activating group) is 1. The maximum atomic E-state index is 12.8. The van der Waals surface area contributed by atoms with Crippen LogP contribution >= 0.6 is 0 Å². The van der Waals surface area contributed by atoms with Gasteiger partial charge in [-0.25, -0.2) is 4.79 Å². The van der Waals surface area contributed by atoms with Crippen LogP contribution in [0.5, 0.6) is 0 Å². The maximum Gasteiger partial charge on any atom is 0.362 e. The van der Waals surface area contributed by atoms with E-state index in [0.717, 1.165) is 38.5 Å². The summed E-state index contributed by atoms with van der Waals surface area (Å²) in [4.78, 5) is 37.3. The molecule has 0 radical (unpaired) electrons. The lowest BCUT2D eigenvalue weighted by atomic mass is 10.0. The van der Waals surface area contributed by atoms with E-state index < -0.39 is 18.1 Å². The van der Waals surface area contributed by atoms with E-state index in [1.807, 2.05) is 21.1 Å². The lowest BCUT2D eigenvalue weighted by Gasteiger charge is -2.31. The number of allylic oxidation sites excluding steroid dienone is 2. The molecule has 8 heteroatoms. The zero-order chi connectivity index (χ0) is 49.9. The monoisotopic (exact) mass is 963 g/mol. The molecule has 402 valence electrons. The Morgan fingerprint density at radius 1 is 0.426 bits per heavy atom. The summed E-state index contributed by atoms with van der Waals surface area (Å²) in [6.45, 7) is 4.80. The van der Waals surface area contributed by atoms with Gasteiger partial charge < -0.3 is 23.8 Å². The molecule has 2 atom stereocenters. The van der Waals surface area contributed by atoms with E-state index in [9.17, 15) is 19.5 Å². The molecule has 0 rings (SSSR count). The number of unbranched alkanes of at least 4 members (excludes halogenated alkanes) is 39. The van der Waals surface area contributed by atoms with Gasteiger partial charge in [-0.2, -0.15) is 0 Å². The molecule has 2 unspecified atom stereocenters. The molecule has 0 saturated heterocycles. The first-order valence-electron chi connectivity index (χ1n) is 29.7. The molecule has 68 heavy (non-hydrogen) atoms. The number of rotatable bonds is 55. The van der Waals surface area contributed by atoms with Crippen molar-refractivity contribution in [1.29, 1.82) is 0 Å². The fraction of sp³-hybridized carbons (Fsp3) is 0.917. The van der Waals surface area contributed by atoms with Crippen LogP contribution in [0.3, 0.4) is 0 Å². The number of nitrogens with zero attached hydrogens (tertiary/aromatic N) is 1. The Labute approximate surface area is 422 Å². The Balaban J connectivity index is 4.10. The second-order valence-corrected chi connectivity index (χ2v) is 21.6. The van der Waals surface area contributed by atoms with Crippen molar-refractivity contribution >= 4 is 17.9 Å². The number of quaternary nitrogens is 1. The number of ether oxygens (including phenoxy) is 3. The molecule has 0 aliphatic rings. The smallest absolute Gasteiger partial charge is 0.362 e. The molecule has 0 saturated carbocycles. The van der Waals surface area contributed by atoms with Gasteiger partial charge in [0.05, 0.1) is 34.4 Å². The summed E-state index contributed by atoms with van der Waals surface area (Å²) in [5.41, 5.74) is 0. The minimum Gasteiger partial charge on any atom is -0.477 e. The molecular weight excluding hydrogens is 847 g/mol. The number of carbonyl (C=O) groups is 3. The fourth-order valence-electron chi connectivity index (χ4n) is 9.33. The molecule has 0 aliphatic carbocycles. The zero-order valence-corrected chi connectivity index (χ0v) is 46.1. The Kier molecular flexibility index (Phi) is 50.0. The number of hydrogen-bond donors (Lipinski definition) is 1. The summed E-state index contributed by atoms with van der Waals surface area (Å²) < 4.78 is 17.4. The molecule has 0 amide bonds. The molecule has 0 aromatic carbocycles. The van der Waals surface area contributed by atoms with Crippen molar-refractivity contribution in [3.8, 4) is 0 Å². The Morgan fingerprint density at radius 3 is 1.06 bits per heavy atom. The summed E-state index contributed by atoms with van der Waals surface area (Å²) >= 11 is 0. The van der Waals surface area contributed by atoms with Crippen LogP contribution in [0.15, 0.2) is 12.2 Å². The fourth-order valence-corrected chi connectivity index (χ4v) is 9.33. The van der Waals surface area contributed by atoms with Crippen molar-refractivity contribution in [3.05, 3.63) is 12.2 Å². The van der Waals surface area contributed by atoms with E-state index in [1.54, 1.807) is 0 Å². The summed E-state index contributed by atoms with van der Waals surface area (Å²) in [5, 5.41) is 9.68. The van der Waals surface area contributed by atoms with Gasteiger partial charge in [0.1, 0.15) is 6.61 Å². The molecule has 0 fully saturated rings. The van der Waals surface area contributed by atoms with Crippen LogP contribution in [-0.4, -0.2) is 80.6 Å². The molecular formula is C60H116NO7+. The van der Waals surface area contributed by atoms with E-state index in [2.05, 4.69) is 26.0 Å². The minimum atomic E-state index is -0.869. The third-order valence-electron chi connectivity index (χ3n) is 13.9. The first-order valence-corrected chi connectivity index (χ1v) is 29.7. The van der Waals surface area contributed by atoms with Crippen LogP contribution < -0.4 is 0 Å². The Hall–Kier alpha value is -1.93. The van der Waals surface area contributed by atoms with Crippen LogP contribution in [0.25, 0.3) is 0 Å². The SMILES string of the molecule is CCCCCCCCCC/C=C\CCCCCCCCCCCC(=O)OC(COCCC(C(=O)O)[N+](C)(C)C)COC(=O)CCCCCCCCCCCCCCCCCCCCCCCCC. The number of carbonyl (C=O) groups excluding carboxylic acids is 2. The van der Waals surface area contributed by atoms with Gasteiger partial charge in [0.25, 0.3) is 0 Å². The summed E-state index contributed by atoms with van der Waals surface area (Å²) in [6, 6.07) is -0.612. The lowest BCUT2D eigenvalue weighted by molar-refractivity contribution is -0.887. The second-order valence-electron chi connectivity index (χ2n) is 21.6. The molecule has 0 spiro atoms. The normalized spacial score (nSPS) is 12.8. The largest absolute Gasteiger partial charge is 0.477 e. The maximum absolute atomic E-state index is 12.8. The Morgan fingerprint density at radius 2 is 0.735 bits per heavy atom. The molecule has 0 heterocycles. The van der Waals surface area contributed by atoms with Crippen molar-refractivity contribution in [1.82, 2.24) is 0 Å². The predicted molar refractivity (Wildman–Crippen MR) is 289 cm³/mol. The van der Waals surface area contributed by atoms with E-state index in [0.29, 0.717) is 19.3 Å². The number of carboxylic acid groups (broad SMARTS) is 1. The summed E-state index contributed by atoms with van der Waals surface area (Å²) in [7, 11) is 5.56. The van der Waals surface area contributed by atoms with Gasteiger partial charge in [-0.3, -0.25) is 9.59 Å². The third-order valence-corrected chi connectivity index (χ3v) is 13.9. The third kappa shape index (κ3) is 49.1. The van der Waals surface area contributed by atoms with Crippen molar-refractivity contribution in [2.24, 2.45) is 0 Å². The van der Waals surface area contributed by atoms with Gasteiger partial charge >= 0.3 is 17.9 Å². The molecule has 8 nitrogen and oxygen atoms in total. The summed E-state index contributed by atoms with van der Waals surface area (Å²) in [6.07, 6.45) is 59.9. The lowest BCUT2D eigenvalue weighted by Crippen LogP contribution is -2.50. The van der Waals surface area contributed by atoms with E-state index >= 15 is 0 Å². The van der Waals surface area contributed by atoms with Crippen LogP contribution in [0, 0.1) is 0 Å². The molecule has 0 bridgehead atoms. The highest BCUT2D eigenvalue weighted by Gasteiger charge is 2.31. The standard InChI is InChI=1S/C60H115NO7/c1-6-8-10-12-14-16-18-20-22-24-26-28-29-31-32-34-36-38-40-42-44-46-48-50-58(62)67-55-56(54-66-53-52-57(60(64)65)61(3,4)5)68-59(63)51-49-47-45-43-41-39-37-35-33-30-27-25-23-21-19-17-15-13-11-9-7-2/h25,27,56-57H,6-24,26,28-55H2,1-5H3/p+1/b27-25-. The highest BCUT2D eigenvalue weighted by atomic mass is 16.6. The van der Waals surface area contributed by atoms with E-state index in [4.69, 9.17) is 14.2 Å². The average Bonchev–Trinajstić information content (AvgIpc) is 3.30. The molecule has 1 N–H and O–H groups in total. The quantitative estimate of drug-likeness (QED) is 0.0280. The van der Waals surface area contributed by atoms with Crippen LogP contribution in [0.4, 0.5) is 0 Å². The van der Waals surface area contributed by atoms with Gasteiger partial charge in [0.15, 0.2) is 12.1 Å². The number of carboxylic acids is 1. The highest BCUT2D eigenvalue weighted by molar-refractivity contribution is 5.72. The molecule has 0 aliphatic heterocycles. The first kappa shape index (κ1) is 66.1. The van der Waals surface area contributed by atoms with E-state index in [-0.39, 0.29) is 36.2 Å². The number of esters is 2. The van der Waals surface area contributed by atoms with Crippen LogP contribution in [0.2, 0.25) is 0 Å². The zero-order valence-electron chi connectivity index (χ0n) is 46.1. The topological polar surface area (TPSA) is 99.1 Å². The van der Waals surface area contributed by atoms with Gasteiger partial charge in [-0.15, -0.1) is 0 Å². The van der Waals surface area contributed by atoms with Crippen molar-refractivity contribution < 1.29 is 38.2 Å². The van der Waals surface area contributed by atoms with Gasteiger partial charge in [0.2, 0.25) is 0 Å². The molecule has 0 aromatic rings. The van der Waals surface area contributed by atoms with Crippen LogP contribution in [0.1, 0.15) is 303 Å². The molecule has 0 aromatic heterocycles.